The lowest BCUT2D eigenvalue weighted by molar-refractivity contribution is 0.0780. The van der Waals surface area contributed by atoms with Gasteiger partial charge in [-0.3, -0.25) is 4.79 Å². The van der Waals surface area contributed by atoms with Gasteiger partial charge in [-0.2, -0.15) is 0 Å². The van der Waals surface area contributed by atoms with Crippen molar-refractivity contribution in [3.05, 3.63) is 51.8 Å². The van der Waals surface area contributed by atoms with Crippen LogP contribution in [0.4, 0.5) is 0 Å². The Hall–Kier alpha value is -1.65. The molecule has 2 aromatic rings. The maximum absolute atomic E-state index is 12.2. The quantitative estimate of drug-likeness (QED) is 0.937. The molecule has 0 aliphatic rings. The van der Waals surface area contributed by atoms with Crippen LogP contribution in [0.5, 0.6) is 5.75 Å². The number of nitrogens with one attached hydrogen (secondary N) is 1. The van der Waals surface area contributed by atoms with E-state index in [2.05, 4.69) is 4.98 Å². The van der Waals surface area contributed by atoms with Crippen molar-refractivity contribution in [2.45, 2.75) is 6.54 Å². The standard InChI is InChI=1S/C14H14Cl2N2O2/c1-18(8-9-3-5-10(20-2)6-4-9)14(19)12-7-11(15)13(16)17-12/h3-7,17H,8H2,1-2H3. The Morgan fingerprint density at radius 1 is 1.30 bits per heavy atom. The van der Waals surface area contributed by atoms with E-state index in [9.17, 15) is 4.79 Å². The van der Waals surface area contributed by atoms with Gasteiger partial charge in [-0.15, -0.1) is 0 Å². The van der Waals surface area contributed by atoms with Crippen molar-refractivity contribution in [3.8, 4) is 5.75 Å². The zero-order chi connectivity index (χ0) is 14.7. The molecule has 0 unspecified atom stereocenters. The number of nitrogens with zero attached hydrogens (tertiary/aromatic N) is 1. The Balaban J connectivity index is 2.06. The van der Waals surface area contributed by atoms with Gasteiger partial charge in [0, 0.05) is 13.6 Å². The van der Waals surface area contributed by atoms with Gasteiger partial charge in [0.15, 0.2) is 0 Å². The first-order valence-corrected chi connectivity index (χ1v) is 6.69. The number of H-pyrrole nitrogens is 1. The SMILES string of the molecule is COc1ccc(CN(C)C(=O)c2cc(Cl)c(Cl)[nH]2)cc1. The van der Waals surface area contributed by atoms with Crippen molar-refractivity contribution in [2.24, 2.45) is 0 Å². The summed E-state index contributed by atoms with van der Waals surface area (Å²) in [5.41, 5.74) is 1.38. The van der Waals surface area contributed by atoms with Crippen LogP contribution in [0, 0.1) is 0 Å². The van der Waals surface area contributed by atoms with Crippen LogP contribution < -0.4 is 4.74 Å². The zero-order valence-corrected chi connectivity index (χ0v) is 12.6. The van der Waals surface area contributed by atoms with E-state index >= 15 is 0 Å². The molecule has 0 saturated heterocycles. The van der Waals surface area contributed by atoms with Crippen molar-refractivity contribution < 1.29 is 9.53 Å². The molecule has 1 heterocycles. The second kappa shape index (κ2) is 6.20. The topological polar surface area (TPSA) is 45.3 Å². The van der Waals surface area contributed by atoms with Crippen LogP contribution in [0.15, 0.2) is 30.3 Å². The zero-order valence-electron chi connectivity index (χ0n) is 11.1. The number of aromatic amines is 1. The number of ether oxygens (including phenoxy) is 1. The highest BCUT2D eigenvalue weighted by molar-refractivity contribution is 6.41. The molecule has 1 aromatic heterocycles. The van der Waals surface area contributed by atoms with Crippen LogP contribution >= 0.6 is 23.2 Å². The van der Waals surface area contributed by atoms with Gasteiger partial charge >= 0.3 is 0 Å². The summed E-state index contributed by atoms with van der Waals surface area (Å²) < 4.78 is 5.09. The van der Waals surface area contributed by atoms with Crippen LogP contribution in [0.3, 0.4) is 0 Å². The normalized spacial score (nSPS) is 10.4. The van der Waals surface area contributed by atoms with E-state index in [1.807, 2.05) is 24.3 Å². The highest BCUT2D eigenvalue weighted by Crippen LogP contribution is 2.23. The van der Waals surface area contributed by atoms with Crippen molar-refractivity contribution in [2.75, 3.05) is 14.2 Å². The molecule has 0 saturated carbocycles. The van der Waals surface area contributed by atoms with Gasteiger partial charge in [0.25, 0.3) is 5.91 Å². The van der Waals surface area contributed by atoms with E-state index in [1.165, 1.54) is 6.07 Å². The van der Waals surface area contributed by atoms with Gasteiger partial charge in [-0.1, -0.05) is 35.3 Å². The number of rotatable bonds is 4. The molecule has 0 spiro atoms. The minimum absolute atomic E-state index is 0.172. The maximum Gasteiger partial charge on any atom is 0.270 e. The molecule has 6 heteroatoms. The number of hydrogen-bond donors (Lipinski definition) is 1. The van der Waals surface area contributed by atoms with Crippen LogP contribution in [0.1, 0.15) is 16.1 Å². The van der Waals surface area contributed by atoms with E-state index < -0.39 is 0 Å². The molecule has 20 heavy (non-hydrogen) atoms. The number of methoxy groups -OCH3 is 1. The Morgan fingerprint density at radius 2 is 1.95 bits per heavy atom. The Bertz CT molecular complexity index is 589. The third kappa shape index (κ3) is 3.26. The Labute approximate surface area is 127 Å². The summed E-state index contributed by atoms with van der Waals surface area (Å²) >= 11 is 11.6. The lowest BCUT2D eigenvalue weighted by Gasteiger charge is -2.16. The van der Waals surface area contributed by atoms with Gasteiger partial charge in [0.05, 0.1) is 12.1 Å². The first kappa shape index (κ1) is 14.8. The molecule has 2 rings (SSSR count). The highest BCUT2D eigenvalue weighted by atomic mass is 35.5. The van der Waals surface area contributed by atoms with Gasteiger partial charge in [-0.25, -0.2) is 0 Å². The van der Waals surface area contributed by atoms with E-state index in [1.54, 1.807) is 19.1 Å². The average molecular weight is 313 g/mol. The van der Waals surface area contributed by atoms with Crippen LogP contribution in [0.2, 0.25) is 10.2 Å². The van der Waals surface area contributed by atoms with Gasteiger partial charge in [0.2, 0.25) is 0 Å². The molecule has 0 radical (unpaired) electrons. The van der Waals surface area contributed by atoms with E-state index in [0.29, 0.717) is 17.3 Å². The summed E-state index contributed by atoms with van der Waals surface area (Å²) in [6.45, 7) is 0.483. The first-order valence-electron chi connectivity index (χ1n) is 5.93. The first-order chi connectivity index (χ1) is 9.51. The fourth-order valence-electron chi connectivity index (χ4n) is 1.80. The molecule has 4 nitrogen and oxygen atoms in total. The molecule has 0 aliphatic carbocycles. The molecule has 1 N–H and O–H groups in total. The van der Waals surface area contributed by atoms with Crippen molar-refractivity contribution in [3.63, 3.8) is 0 Å². The fourth-order valence-corrected chi connectivity index (χ4v) is 2.11. The number of carbonyl (C=O) groups is 1. The van der Waals surface area contributed by atoms with Crippen LogP contribution in [0.25, 0.3) is 0 Å². The van der Waals surface area contributed by atoms with Crippen molar-refractivity contribution in [1.82, 2.24) is 9.88 Å². The Kier molecular flexibility index (Phi) is 4.57. The van der Waals surface area contributed by atoms with Crippen LogP contribution in [-0.4, -0.2) is 29.9 Å². The number of halogens is 2. The largest absolute Gasteiger partial charge is 0.497 e. The highest BCUT2D eigenvalue weighted by Gasteiger charge is 2.16. The van der Waals surface area contributed by atoms with Crippen molar-refractivity contribution >= 4 is 29.1 Å². The molecule has 1 amide bonds. The second-order valence-corrected chi connectivity index (χ2v) is 5.14. The smallest absolute Gasteiger partial charge is 0.270 e. The van der Waals surface area contributed by atoms with Gasteiger partial charge in [0.1, 0.15) is 16.6 Å². The molecule has 0 bridgehead atoms. The second-order valence-electron chi connectivity index (χ2n) is 4.35. The molecule has 0 fully saturated rings. The predicted molar refractivity (Wildman–Crippen MR) is 79.6 cm³/mol. The summed E-state index contributed by atoms with van der Waals surface area (Å²) in [7, 11) is 3.33. The van der Waals surface area contributed by atoms with E-state index in [-0.39, 0.29) is 11.1 Å². The summed E-state index contributed by atoms with van der Waals surface area (Å²) in [6, 6.07) is 9.07. The molecular weight excluding hydrogens is 299 g/mol. The Morgan fingerprint density at radius 3 is 2.45 bits per heavy atom. The fraction of sp³-hybridized carbons (Fsp3) is 0.214. The summed E-state index contributed by atoms with van der Waals surface area (Å²) in [4.78, 5) is 16.5. The molecule has 0 atom stereocenters. The third-order valence-electron chi connectivity index (χ3n) is 2.88. The predicted octanol–water partition coefficient (Wildman–Crippen LogP) is 3.60. The minimum atomic E-state index is -0.172. The number of aromatic nitrogens is 1. The van der Waals surface area contributed by atoms with Gasteiger partial charge < -0.3 is 14.6 Å². The summed E-state index contributed by atoms with van der Waals surface area (Å²) in [5.74, 6) is 0.611. The third-order valence-corrected chi connectivity index (χ3v) is 3.57. The lowest BCUT2D eigenvalue weighted by atomic mass is 10.2. The maximum atomic E-state index is 12.2. The van der Waals surface area contributed by atoms with E-state index in [4.69, 9.17) is 27.9 Å². The monoisotopic (exact) mass is 312 g/mol. The summed E-state index contributed by atoms with van der Waals surface area (Å²) in [5, 5.41) is 0.612. The molecular formula is C14H14Cl2N2O2. The molecule has 106 valence electrons. The summed E-state index contributed by atoms with van der Waals surface area (Å²) in [6.07, 6.45) is 0. The molecule has 1 aromatic carbocycles. The lowest BCUT2D eigenvalue weighted by Crippen LogP contribution is -2.26. The van der Waals surface area contributed by atoms with Crippen LogP contribution in [-0.2, 0) is 6.54 Å². The van der Waals surface area contributed by atoms with Crippen molar-refractivity contribution in [1.29, 1.82) is 0 Å². The molecule has 0 aliphatic heterocycles. The van der Waals surface area contributed by atoms with Gasteiger partial charge in [-0.05, 0) is 23.8 Å². The minimum Gasteiger partial charge on any atom is -0.497 e. The number of amides is 1. The number of benzene rings is 1. The van der Waals surface area contributed by atoms with E-state index in [0.717, 1.165) is 11.3 Å². The number of carbonyl (C=O) groups excluding carboxylic acids is 1. The number of hydrogen-bond acceptors (Lipinski definition) is 2. The average Bonchev–Trinajstić information content (AvgIpc) is 2.78.